The van der Waals surface area contributed by atoms with E-state index in [0.29, 0.717) is 23.7 Å². The number of carbonyl (C=O) groups excluding carboxylic acids is 1. The van der Waals surface area contributed by atoms with Gasteiger partial charge in [-0.05, 0) is 52.7 Å². The summed E-state index contributed by atoms with van der Waals surface area (Å²) >= 11 is 9.21. The summed E-state index contributed by atoms with van der Waals surface area (Å²) < 4.78 is 6.46. The Morgan fingerprint density at radius 1 is 1.27 bits per heavy atom. The van der Waals surface area contributed by atoms with Crippen molar-refractivity contribution >= 4 is 39.1 Å². The average molecular weight is 385 g/mol. The highest BCUT2D eigenvalue weighted by molar-refractivity contribution is 9.10. The van der Waals surface area contributed by atoms with Crippen LogP contribution < -0.4 is 10.1 Å². The van der Waals surface area contributed by atoms with Gasteiger partial charge in [-0.1, -0.05) is 23.7 Å². The summed E-state index contributed by atoms with van der Waals surface area (Å²) in [5, 5.41) is 12.7. The van der Waals surface area contributed by atoms with Crippen LogP contribution in [0.1, 0.15) is 12.8 Å². The number of amides is 1. The number of halogens is 2. The minimum absolute atomic E-state index is 0.0118. The summed E-state index contributed by atoms with van der Waals surface area (Å²) in [4.78, 5) is 11.8. The molecule has 4 nitrogen and oxygen atoms in total. The zero-order valence-corrected chi connectivity index (χ0v) is 14.0. The molecule has 0 saturated heterocycles. The van der Waals surface area contributed by atoms with E-state index < -0.39 is 0 Å². The van der Waals surface area contributed by atoms with Crippen molar-refractivity contribution in [2.45, 2.75) is 12.8 Å². The number of phenolic OH excluding ortho intramolecular Hbond substituents is 1. The topological polar surface area (TPSA) is 58.6 Å². The monoisotopic (exact) mass is 383 g/mol. The molecule has 2 aromatic rings. The number of ether oxygens (including phenoxy) is 1. The average Bonchev–Trinajstić information content (AvgIpc) is 2.49. The molecule has 0 bridgehead atoms. The molecule has 0 aromatic heterocycles. The third-order valence-corrected chi connectivity index (χ3v) is 3.77. The largest absolute Gasteiger partial charge is 0.506 e. The van der Waals surface area contributed by atoms with Crippen LogP contribution >= 0.6 is 27.5 Å². The van der Waals surface area contributed by atoms with Gasteiger partial charge in [0.15, 0.2) is 0 Å². The highest BCUT2D eigenvalue weighted by Gasteiger charge is 2.07. The number of rotatable bonds is 6. The second-order valence-electron chi connectivity index (χ2n) is 4.59. The van der Waals surface area contributed by atoms with E-state index in [1.165, 1.54) is 12.1 Å². The number of benzene rings is 2. The first kappa shape index (κ1) is 16.6. The van der Waals surface area contributed by atoms with Crippen molar-refractivity contribution in [1.29, 1.82) is 0 Å². The lowest BCUT2D eigenvalue weighted by Gasteiger charge is -2.09. The van der Waals surface area contributed by atoms with Crippen molar-refractivity contribution < 1.29 is 14.6 Å². The lowest BCUT2D eigenvalue weighted by atomic mass is 10.2. The van der Waals surface area contributed by atoms with E-state index in [1.807, 2.05) is 24.3 Å². The van der Waals surface area contributed by atoms with E-state index >= 15 is 0 Å². The zero-order valence-electron chi connectivity index (χ0n) is 11.7. The Morgan fingerprint density at radius 3 is 2.82 bits per heavy atom. The Hall–Kier alpha value is -1.72. The van der Waals surface area contributed by atoms with Crippen LogP contribution in [0.2, 0.25) is 5.02 Å². The van der Waals surface area contributed by atoms with Gasteiger partial charge in [0, 0.05) is 11.4 Å². The van der Waals surface area contributed by atoms with Crippen LogP contribution in [0.4, 0.5) is 5.69 Å². The summed E-state index contributed by atoms with van der Waals surface area (Å²) in [5.74, 6) is 0.533. The Morgan fingerprint density at radius 2 is 2.05 bits per heavy atom. The molecule has 0 aliphatic carbocycles. The highest BCUT2D eigenvalue weighted by Crippen LogP contribution is 2.27. The molecule has 0 fully saturated rings. The van der Waals surface area contributed by atoms with Gasteiger partial charge in [-0.2, -0.15) is 0 Å². The zero-order chi connectivity index (χ0) is 15.9. The van der Waals surface area contributed by atoms with E-state index in [4.69, 9.17) is 16.3 Å². The lowest BCUT2D eigenvalue weighted by molar-refractivity contribution is -0.116. The summed E-state index contributed by atoms with van der Waals surface area (Å²) in [6.45, 7) is 0.428. The molecule has 2 N–H and O–H groups in total. The van der Waals surface area contributed by atoms with E-state index in [2.05, 4.69) is 21.2 Å². The normalized spacial score (nSPS) is 10.3. The maximum Gasteiger partial charge on any atom is 0.224 e. The van der Waals surface area contributed by atoms with E-state index in [1.54, 1.807) is 6.07 Å². The van der Waals surface area contributed by atoms with Gasteiger partial charge < -0.3 is 15.2 Å². The smallest absolute Gasteiger partial charge is 0.224 e. The van der Waals surface area contributed by atoms with Gasteiger partial charge in [-0.15, -0.1) is 0 Å². The number of hydrogen-bond donors (Lipinski definition) is 2. The quantitative estimate of drug-likeness (QED) is 0.565. The first-order valence-electron chi connectivity index (χ1n) is 6.72. The lowest BCUT2D eigenvalue weighted by Crippen LogP contribution is -2.13. The summed E-state index contributed by atoms with van der Waals surface area (Å²) in [6.07, 6.45) is 0.852. The molecule has 1 amide bonds. The minimum Gasteiger partial charge on any atom is -0.506 e. The van der Waals surface area contributed by atoms with E-state index in [-0.39, 0.29) is 18.1 Å². The second-order valence-corrected chi connectivity index (χ2v) is 5.88. The second kappa shape index (κ2) is 8.06. The fourth-order valence-electron chi connectivity index (χ4n) is 1.80. The van der Waals surface area contributed by atoms with E-state index in [9.17, 15) is 9.90 Å². The summed E-state index contributed by atoms with van der Waals surface area (Å²) in [6, 6.07) is 12.0. The van der Waals surface area contributed by atoms with Gasteiger partial charge in [0.25, 0.3) is 0 Å². The minimum atomic E-state index is -0.201. The van der Waals surface area contributed by atoms with Crippen LogP contribution in [-0.4, -0.2) is 17.6 Å². The SMILES string of the molecule is O=C(CCCOc1ccccc1Br)Nc1cc(Cl)ccc1O. The van der Waals surface area contributed by atoms with Crippen LogP contribution in [0.3, 0.4) is 0 Å². The third kappa shape index (κ3) is 4.93. The molecule has 0 aliphatic rings. The van der Waals surface area contributed by atoms with Crippen LogP contribution in [0.15, 0.2) is 46.9 Å². The number of nitrogens with one attached hydrogen (secondary N) is 1. The maximum atomic E-state index is 11.8. The molecule has 6 heteroatoms. The van der Waals surface area contributed by atoms with Crippen molar-refractivity contribution in [3.63, 3.8) is 0 Å². The number of para-hydroxylation sites is 1. The van der Waals surface area contributed by atoms with Crippen LogP contribution in [0.25, 0.3) is 0 Å². The molecular weight excluding hydrogens is 370 g/mol. The predicted molar refractivity (Wildman–Crippen MR) is 90.6 cm³/mol. The molecule has 2 rings (SSSR count). The van der Waals surface area contributed by atoms with Crippen LogP contribution in [0, 0.1) is 0 Å². The number of carbonyl (C=O) groups is 1. The Labute approximate surface area is 142 Å². The fraction of sp³-hybridized carbons (Fsp3) is 0.188. The van der Waals surface area contributed by atoms with Crippen LogP contribution in [0.5, 0.6) is 11.5 Å². The maximum absolute atomic E-state index is 11.8. The molecule has 0 radical (unpaired) electrons. The van der Waals surface area contributed by atoms with E-state index in [0.717, 1.165) is 10.2 Å². The summed E-state index contributed by atoms with van der Waals surface area (Å²) in [7, 11) is 0. The predicted octanol–water partition coefficient (Wildman–Crippen LogP) is 4.61. The molecule has 0 unspecified atom stereocenters. The van der Waals surface area contributed by atoms with Gasteiger partial charge >= 0.3 is 0 Å². The third-order valence-electron chi connectivity index (χ3n) is 2.88. The van der Waals surface area contributed by atoms with Crippen molar-refractivity contribution in [3.05, 3.63) is 52.0 Å². The van der Waals surface area contributed by atoms with Crippen molar-refractivity contribution in [2.75, 3.05) is 11.9 Å². The summed E-state index contributed by atoms with van der Waals surface area (Å²) in [5.41, 5.74) is 0.309. The van der Waals surface area contributed by atoms with Gasteiger partial charge in [0.1, 0.15) is 11.5 Å². The number of aromatic hydroxyl groups is 1. The van der Waals surface area contributed by atoms with Gasteiger partial charge in [-0.3, -0.25) is 4.79 Å². The molecule has 0 atom stereocenters. The molecule has 22 heavy (non-hydrogen) atoms. The standard InChI is InChI=1S/C16H15BrClNO3/c17-12-4-1-2-5-15(12)22-9-3-6-16(21)19-13-10-11(18)7-8-14(13)20/h1-2,4-5,7-8,10,20H,3,6,9H2,(H,19,21). The Kier molecular flexibility index (Phi) is 6.10. The fourth-order valence-corrected chi connectivity index (χ4v) is 2.37. The molecule has 0 spiro atoms. The van der Waals surface area contributed by atoms with Crippen molar-refractivity contribution in [2.24, 2.45) is 0 Å². The Bertz CT molecular complexity index is 664. The molecule has 116 valence electrons. The number of anilines is 1. The molecule has 0 heterocycles. The molecular formula is C16H15BrClNO3. The number of hydrogen-bond acceptors (Lipinski definition) is 3. The number of phenols is 1. The van der Waals surface area contributed by atoms with Crippen LogP contribution in [-0.2, 0) is 4.79 Å². The molecule has 2 aromatic carbocycles. The van der Waals surface area contributed by atoms with Gasteiger partial charge in [-0.25, -0.2) is 0 Å². The molecule has 0 saturated carbocycles. The van der Waals surface area contributed by atoms with Gasteiger partial charge in [0.05, 0.1) is 16.8 Å². The van der Waals surface area contributed by atoms with Crippen molar-refractivity contribution in [3.8, 4) is 11.5 Å². The van der Waals surface area contributed by atoms with Crippen molar-refractivity contribution in [1.82, 2.24) is 0 Å². The Balaban J connectivity index is 1.76. The first-order valence-corrected chi connectivity index (χ1v) is 7.89. The highest BCUT2D eigenvalue weighted by atomic mass is 79.9. The first-order chi connectivity index (χ1) is 10.6. The molecule has 0 aliphatic heterocycles. The van der Waals surface area contributed by atoms with Gasteiger partial charge in [0.2, 0.25) is 5.91 Å².